The van der Waals surface area contributed by atoms with Gasteiger partial charge in [-0.15, -0.1) is 0 Å². The molecule has 37 heavy (non-hydrogen) atoms. The first-order valence-corrected chi connectivity index (χ1v) is 12.8. The molecule has 6 rings (SSSR count). The molecule has 1 atom stereocenters. The number of carbonyl (C=O) groups excluding carboxylic acids is 1. The SMILES string of the molecule is Cc1nc(-c2ccc(N3CCC(C4(O)c5ccccc5C(=O)N(C)c5ccccc54)CC3)c(Cl)c2)no1. The molecule has 0 spiro atoms. The Hall–Kier alpha value is -3.68. The summed E-state index contributed by atoms with van der Waals surface area (Å²) in [5.41, 5.74) is 3.18. The minimum absolute atomic E-state index is 0.0781. The third-order valence-corrected chi connectivity index (χ3v) is 8.01. The zero-order chi connectivity index (χ0) is 25.7. The van der Waals surface area contributed by atoms with Crippen molar-refractivity contribution < 1.29 is 14.4 Å². The number of hydrogen-bond donors (Lipinski definition) is 1. The lowest BCUT2D eigenvalue weighted by atomic mass is 9.70. The summed E-state index contributed by atoms with van der Waals surface area (Å²) in [6.07, 6.45) is 1.47. The number of rotatable bonds is 3. The number of hydrogen-bond acceptors (Lipinski definition) is 6. The van der Waals surface area contributed by atoms with Crippen molar-refractivity contribution >= 4 is 28.9 Å². The highest BCUT2D eigenvalue weighted by Gasteiger charge is 2.47. The van der Waals surface area contributed by atoms with Crippen molar-refractivity contribution in [3.8, 4) is 11.4 Å². The number of halogens is 1. The maximum Gasteiger partial charge on any atom is 0.258 e. The van der Waals surface area contributed by atoms with Crippen LogP contribution < -0.4 is 9.80 Å². The second-order valence-electron chi connectivity index (χ2n) is 9.76. The van der Waals surface area contributed by atoms with Gasteiger partial charge in [0.05, 0.1) is 16.4 Å². The fourth-order valence-corrected chi connectivity index (χ4v) is 6.12. The number of benzene rings is 3. The number of anilines is 2. The minimum atomic E-state index is -1.29. The highest BCUT2D eigenvalue weighted by atomic mass is 35.5. The molecule has 4 aromatic rings. The van der Waals surface area contributed by atoms with Gasteiger partial charge in [0, 0.05) is 49.3 Å². The first-order valence-electron chi connectivity index (χ1n) is 12.4. The highest BCUT2D eigenvalue weighted by molar-refractivity contribution is 6.33. The molecular weight excluding hydrogens is 488 g/mol. The summed E-state index contributed by atoms with van der Waals surface area (Å²) >= 11 is 6.70. The van der Waals surface area contributed by atoms with E-state index in [4.69, 9.17) is 16.1 Å². The molecule has 0 saturated carbocycles. The molecule has 0 bridgehead atoms. The first-order chi connectivity index (χ1) is 17.9. The van der Waals surface area contributed by atoms with Crippen LogP contribution in [0.4, 0.5) is 11.4 Å². The van der Waals surface area contributed by atoms with Crippen LogP contribution in [0.2, 0.25) is 5.02 Å². The third-order valence-electron chi connectivity index (χ3n) is 7.71. The van der Waals surface area contributed by atoms with E-state index in [1.165, 1.54) is 0 Å². The number of aryl methyl sites for hydroxylation is 1. The van der Waals surface area contributed by atoms with Crippen molar-refractivity contribution in [1.82, 2.24) is 10.1 Å². The summed E-state index contributed by atoms with van der Waals surface area (Å²) in [7, 11) is 1.77. The molecule has 0 radical (unpaired) electrons. The summed E-state index contributed by atoms with van der Waals surface area (Å²) in [6, 6.07) is 20.9. The van der Waals surface area contributed by atoms with E-state index >= 15 is 0 Å². The molecule has 2 aliphatic rings. The average Bonchev–Trinajstić information content (AvgIpc) is 3.35. The van der Waals surface area contributed by atoms with Crippen LogP contribution in [-0.4, -0.2) is 41.3 Å². The Bertz CT molecular complexity index is 1490. The van der Waals surface area contributed by atoms with E-state index in [0.717, 1.165) is 48.4 Å². The van der Waals surface area contributed by atoms with E-state index in [9.17, 15) is 9.90 Å². The number of amides is 1. The third kappa shape index (κ3) is 3.81. The number of nitrogens with zero attached hydrogens (tertiary/aromatic N) is 4. The van der Waals surface area contributed by atoms with Crippen molar-refractivity contribution in [1.29, 1.82) is 0 Å². The number of aromatic nitrogens is 2. The van der Waals surface area contributed by atoms with Crippen LogP contribution in [0, 0.1) is 12.8 Å². The summed E-state index contributed by atoms with van der Waals surface area (Å²) < 4.78 is 5.09. The largest absolute Gasteiger partial charge is 0.380 e. The number of piperidine rings is 1. The van der Waals surface area contributed by atoms with Crippen LogP contribution in [0.25, 0.3) is 11.4 Å². The van der Waals surface area contributed by atoms with Gasteiger partial charge >= 0.3 is 0 Å². The van der Waals surface area contributed by atoms with E-state index in [2.05, 4.69) is 15.0 Å². The molecular formula is C29H27ClN4O3. The molecule has 0 aliphatic carbocycles. The van der Waals surface area contributed by atoms with E-state index < -0.39 is 5.60 Å². The van der Waals surface area contributed by atoms with Gasteiger partial charge in [0.25, 0.3) is 5.91 Å². The molecule has 1 N–H and O–H groups in total. The quantitative estimate of drug-likeness (QED) is 0.392. The lowest BCUT2D eigenvalue weighted by molar-refractivity contribution is 0.00555. The van der Waals surface area contributed by atoms with Gasteiger partial charge in [0.1, 0.15) is 5.60 Å². The van der Waals surface area contributed by atoms with Crippen LogP contribution in [0.15, 0.2) is 71.3 Å². The fourth-order valence-electron chi connectivity index (χ4n) is 5.82. The molecule has 3 aromatic carbocycles. The normalized spacial score (nSPS) is 19.9. The zero-order valence-corrected chi connectivity index (χ0v) is 21.4. The van der Waals surface area contributed by atoms with Crippen LogP contribution in [0.5, 0.6) is 0 Å². The van der Waals surface area contributed by atoms with Gasteiger partial charge in [0.15, 0.2) is 0 Å². The first kappa shape index (κ1) is 23.7. The van der Waals surface area contributed by atoms with Crippen LogP contribution >= 0.6 is 11.6 Å². The predicted molar refractivity (Wildman–Crippen MR) is 143 cm³/mol. The number of carbonyl (C=O) groups is 1. The Morgan fingerprint density at radius 2 is 1.70 bits per heavy atom. The van der Waals surface area contributed by atoms with Gasteiger partial charge in [-0.25, -0.2) is 0 Å². The summed E-state index contributed by atoms with van der Waals surface area (Å²) in [6.45, 7) is 3.20. The fraction of sp³-hybridized carbons (Fsp3) is 0.276. The van der Waals surface area contributed by atoms with Crippen LogP contribution in [0.1, 0.15) is 40.2 Å². The van der Waals surface area contributed by atoms with Crippen molar-refractivity contribution in [3.63, 3.8) is 0 Å². The molecule has 2 aliphatic heterocycles. The summed E-state index contributed by atoms with van der Waals surface area (Å²) in [5.74, 6) is 0.827. The number of fused-ring (bicyclic) bond motifs is 2. The Kier molecular flexibility index (Phi) is 5.77. The molecule has 8 heteroatoms. The second kappa shape index (κ2) is 9.01. The van der Waals surface area contributed by atoms with Gasteiger partial charge in [-0.1, -0.05) is 53.2 Å². The monoisotopic (exact) mass is 514 g/mol. The van der Waals surface area contributed by atoms with E-state index in [-0.39, 0.29) is 11.8 Å². The minimum Gasteiger partial charge on any atom is -0.380 e. The Morgan fingerprint density at radius 1 is 1.00 bits per heavy atom. The lowest BCUT2D eigenvalue weighted by Gasteiger charge is -2.43. The van der Waals surface area contributed by atoms with Gasteiger partial charge < -0.3 is 19.4 Å². The Labute approximate surface area is 220 Å². The van der Waals surface area contributed by atoms with Gasteiger partial charge in [-0.05, 0) is 49.1 Å². The van der Waals surface area contributed by atoms with Crippen LogP contribution in [-0.2, 0) is 5.60 Å². The van der Waals surface area contributed by atoms with Crippen molar-refractivity contribution in [2.75, 3.05) is 29.9 Å². The topological polar surface area (TPSA) is 82.7 Å². The van der Waals surface area contributed by atoms with Crippen molar-refractivity contribution in [3.05, 3.63) is 94.3 Å². The molecule has 1 aromatic heterocycles. The molecule has 1 unspecified atom stereocenters. The molecule has 7 nitrogen and oxygen atoms in total. The number of para-hydroxylation sites is 1. The molecule has 1 amide bonds. The smallest absolute Gasteiger partial charge is 0.258 e. The highest BCUT2D eigenvalue weighted by Crippen LogP contribution is 2.49. The summed E-state index contributed by atoms with van der Waals surface area (Å²) in [5, 5.41) is 17.1. The van der Waals surface area contributed by atoms with Crippen molar-refractivity contribution in [2.24, 2.45) is 5.92 Å². The zero-order valence-electron chi connectivity index (χ0n) is 20.7. The van der Waals surface area contributed by atoms with E-state index in [1.54, 1.807) is 18.9 Å². The summed E-state index contributed by atoms with van der Waals surface area (Å²) in [4.78, 5) is 21.5. The van der Waals surface area contributed by atoms with E-state index in [1.807, 2.05) is 66.7 Å². The van der Waals surface area contributed by atoms with Gasteiger partial charge in [-0.3, -0.25) is 4.79 Å². The van der Waals surface area contributed by atoms with Gasteiger partial charge in [0.2, 0.25) is 11.7 Å². The Balaban J connectivity index is 1.32. The maximum absolute atomic E-state index is 13.4. The number of aliphatic hydroxyl groups is 1. The molecule has 188 valence electrons. The van der Waals surface area contributed by atoms with Crippen molar-refractivity contribution in [2.45, 2.75) is 25.4 Å². The second-order valence-corrected chi connectivity index (χ2v) is 10.2. The molecule has 1 saturated heterocycles. The van der Waals surface area contributed by atoms with Crippen LogP contribution in [0.3, 0.4) is 0 Å². The van der Waals surface area contributed by atoms with E-state index in [0.29, 0.717) is 27.9 Å². The maximum atomic E-state index is 13.4. The lowest BCUT2D eigenvalue weighted by Crippen LogP contribution is -2.44. The Morgan fingerprint density at radius 3 is 2.41 bits per heavy atom. The average molecular weight is 515 g/mol. The predicted octanol–water partition coefficient (Wildman–Crippen LogP) is 5.44. The molecule has 3 heterocycles. The molecule has 1 fully saturated rings. The standard InChI is InChI=1S/C29H27ClN4O3/c1-18-31-27(32-37-18)19-11-12-26(24(30)17-19)34-15-13-20(14-16-34)29(36)22-8-4-3-7-21(22)28(35)33(2)25-10-6-5-9-23(25)29/h3-12,17,20,36H,13-16H2,1-2H3. The van der Waals surface area contributed by atoms with Gasteiger partial charge in [-0.2, -0.15) is 4.98 Å².